The van der Waals surface area contributed by atoms with Crippen molar-refractivity contribution in [2.24, 2.45) is 29.6 Å². The van der Waals surface area contributed by atoms with Gasteiger partial charge in [-0.15, -0.1) is 11.8 Å². The van der Waals surface area contributed by atoms with Crippen molar-refractivity contribution in [1.29, 1.82) is 0 Å². The number of amides is 2. The van der Waals surface area contributed by atoms with Gasteiger partial charge in [0.25, 0.3) is 0 Å². The standard InChI is InChI=1S/C22H19FN2O5S2/c23-9-3-1-8(2-4-9)13-14-10-7-11(17(14)31-19-18(13)32-22(30)24-19)16-15(10)20(28)25(21(16)29)6-5-12(26)27/h1-4,10-11,13-17H,5-7H2,(H,24,30)(H,26,27)/t10-,11-,13-,14-,15+,16-,17-/m1/s1. The summed E-state index contributed by atoms with van der Waals surface area (Å²) in [6.45, 7) is -0.0933. The molecule has 3 heterocycles. The van der Waals surface area contributed by atoms with Crippen LogP contribution in [0.25, 0.3) is 0 Å². The number of halogens is 1. The van der Waals surface area contributed by atoms with E-state index in [9.17, 15) is 23.6 Å². The van der Waals surface area contributed by atoms with E-state index in [4.69, 9.17) is 5.11 Å². The number of nitrogens with one attached hydrogen (secondary N) is 1. The van der Waals surface area contributed by atoms with Crippen molar-refractivity contribution in [3.8, 4) is 0 Å². The van der Waals surface area contributed by atoms with E-state index in [1.54, 1.807) is 23.9 Å². The Balaban J connectivity index is 1.41. The molecular weight excluding hydrogens is 455 g/mol. The van der Waals surface area contributed by atoms with Crippen LogP contribution in [0.3, 0.4) is 0 Å². The Hall–Kier alpha value is -2.46. The second kappa shape index (κ2) is 7.02. The van der Waals surface area contributed by atoms with Gasteiger partial charge < -0.3 is 10.1 Å². The largest absolute Gasteiger partial charge is 0.481 e. The molecule has 2 aromatic rings. The summed E-state index contributed by atoms with van der Waals surface area (Å²) in [7, 11) is 0. The van der Waals surface area contributed by atoms with Crippen LogP contribution in [-0.4, -0.2) is 44.6 Å². The van der Waals surface area contributed by atoms with E-state index in [1.165, 1.54) is 12.1 Å². The van der Waals surface area contributed by atoms with Crippen molar-refractivity contribution in [3.05, 3.63) is 50.2 Å². The van der Waals surface area contributed by atoms with Gasteiger partial charge in [-0.05, 0) is 41.9 Å². The molecule has 32 heavy (non-hydrogen) atoms. The van der Waals surface area contributed by atoms with Gasteiger partial charge in [-0.1, -0.05) is 23.5 Å². The van der Waals surface area contributed by atoms with Crippen molar-refractivity contribution in [2.75, 3.05) is 6.54 Å². The fourth-order valence-corrected chi connectivity index (χ4v) is 9.44. The highest BCUT2D eigenvalue weighted by Crippen LogP contribution is 2.68. The van der Waals surface area contributed by atoms with Crippen LogP contribution < -0.4 is 4.87 Å². The van der Waals surface area contributed by atoms with Crippen LogP contribution >= 0.6 is 23.1 Å². The second-order valence-electron chi connectivity index (χ2n) is 8.98. The van der Waals surface area contributed by atoms with Gasteiger partial charge in [0.05, 0.1) is 23.3 Å². The zero-order valence-corrected chi connectivity index (χ0v) is 18.3. The molecule has 10 heteroatoms. The maximum absolute atomic E-state index is 13.6. The number of H-pyrrole nitrogens is 1. The number of likely N-dealkylation sites (tertiary alicyclic amines) is 1. The van der Waals surface area contributed by atoms with E-state index in [-0.39, 0.29) is 64.4 Å². The number of hydrogen-bond donors (Lipinski definition) is 2. The Bertz CT molecular complexity index is 1210. The highest BCUT2D eigenvalue weighted by Gasteiger charge is 2.69. The molecule has 2 saturated carbocycles. The van der Waals surface area contributed by atoms with Crippen LogP contribution in [-0.2, 0) is 14.4 Å². The molecule has 2 N–H and O–H groups in total. The number of benzene rings is 1. The Morgan fingerprint density at radius 2 is 1.81 bits per heavy atom. The van der Waals surface area contributed by atoms with Crippen LogP contribution in [0, 0.1) is 35.4 Å². The van der Waals surface area contributed by atoms with Crippen LogP contribution in [0.4, 0.5) is 4.39 Å². The average Bonchev–Trinajstić information content (AvgIpc) is 3.47. The van der Waals surface area contributed by atoms with Crippen LogP contribution in [0.5, 0.6) is 0 Å². The number of carbonyl (C=O) groups excluding carboxylic acids is 2. The average molecular weight is 475 g/mol. The summed E-state index contributed by atoms with van der Waals surface area (Å²) in [5.74, 6) is -2.89. The molecule has 1 aromatic carbocycles. The zero-order valence-electron chi connectivity index (χ0n) is 16.7. The number of aromatic nitrogens is 1. The smallest absolute Gasteiger partial charge is 0.305 e. The zero-order chi connectivity index (χ0) is 22.3. The van der Waals surface area contributed by atoms with E-state index in [2.05, 4.69) is 4.98 Å². The van der Waals surface area contributed by atoms with Gasteiger partial charge in [0.1, 0.15) is 5.82 Å². The van der Waals surface area contributed by atoms with E-state index >= 15 is 0 Å². The molecule has 7 atom stereocenters. The number of hydrogen-bond acceptors (Lipinski definition) is 6. The number of thioether (sulfide) groups is 1. The highest BCUT2D eigenvalue weighted by atomic mass is 32.2. The fraction of sp³-hybridized carbons (Fsp3) is 0.455. The Kier molecular flexibility index (Phi) is 4.42. The summed E-state index contributed by atoms with van der Waals surface area (Å²) in [5.41, 5.74) is 0.904. The van der Waals surface area contributed by atoms with Gasteiger partial charge in [-0.25, -0.2) is 4.39 Å². The van der Waals surface area contributed by atoms with Gasteiger partial charge in [0.15, 0.2) is 0 Å². The lowest BCUT2D eigenvalue weighted by molar-refractivity contribution is -0.142. The minimum atomic E-state index is -1.04. The molecule has 2 bridgehead atoms. The van der Waals surface area contributed by atoms with E-state index in [0.29, 0.717) is 0 Å². The van der Waals surface area contributed by atoms with Crippen molar-refractivity contribution in [1.82, 2.24) is 9.88 Å². The molecule has 4 aliphatic rings. The lowest BCUT2D eigenvalue weighted by Gasteiger charge is -2.43. The molecular formula is C22H19FN2O5S2. The molecule has 0 radical (unpaired) electrons. The molecule has 2 amide bonds. The van der Waals surface area contributed by atoms with Gasteiger partial charge in [-0.2, -0.15) is 0 Å². The molecule has 2 aliphatic carbocycles. The normalized spacial score (nSPS) is 34.5. The third-order valence-electron chi connectivity index (χ3n) is 7.59. The summed E-state index contributed by atoms with van der Waals surface area (Å²) in [6, 6.07) is 6.31. The quantitative estimate of drug-likeness (QED) is 0.660. The number of imide groups is 1. The first-order chi connectivity index (χ1) is 15.3. The van der Waals surface area contributed by atoms with E-state index in [0.717, 1.165) is 38.1 Å². The predicted octanol–water partition coefficient (Wildman–Crippen LogP) is 2.52. The minimum absolute atomic E-state index is 0.00854. The van der Waals surface area contributed by atoms with Gasteiger partial charge in [0.2, 0.25) is 11.8 Å². The second-order valence-corrected chi connectivity index (χ2v) is 11.2. The number of rotatable bonds is 4. The third-order valence-corrected chi connectivity index (χ3v) is 10.2. The lowest BCUT2D eigenvalue weighted by Crippen LogP contribution is -2.42. The Morgan fingerprint density at radius 3 is 2.50 bits per heavy atom. The summed E-state index contributed by atoms with van der Waals surface area (Å²) in [5, 5.41) is 9.87. The minimum Gasteiger partial charge on any atom is -0.481 e. The van der Waals surface area contributed by atoms with Gasteiger partial charge >= 0.3 is 10.8 Å². The lowest BCUT2D eigenvalue weighted by atomic mass is 9.68. The molecule has 3 fully saturated rings. The maximum atomic E-state index is 13.6. The first-order valence-corrected chi connectivity index (χ1v) is 12.3. The number of carbonyl (C=O) groups is 3. The Labute approximate surface area is 190 Å². The van der Waals surface area contributed by atoms with Crippen LogP contribution in [0.15, 0.2) is 34.1 Å². The van der Waals surface area contributed by atoms with Crippen molar-refractivity contribution in [2.45, 2.75) is 29.0 Å². The van der Waals surface area contributed by atoms with E-state index < -0.39 is 17.8 Å². The summed E-state index contributed by atoms with van der Waals surface area (Å²) in [4.78, 5) is 54.4. The van der Waals surface area contributed by atoms with Crippen LogP contribution in [0.2, 0.25) is 0 Å². The van der Waals surface area contributed by atoms with Crippen molar-refractivity contribution < 1.29 is 23.9 Å². The third kappa shape index (κ3) is 2.71. The number of carboxylic acid groups (broad SMARTS) is 1. The highest BCUT2D eigenvalue weighted by molar-refractivity contribution is 8.00. The van der Waals surface area contributed by atoms with Crippen molar-refractivity contribution >= 4 is 40.9 Å². The predicted molar refractivity (Wildman–Crippen MR) is 114 cm³/mol. The van der Waals surface area contributed by atoms with Crippen molar-refractivity contribution in [3.63, 3.8) is 0 Å². The van der Waals surface area contributed by atoms with E-state index in [1.807, 2.05) is 0 Å². The number of nitrogens with zero attached hydrogens (tertiary/aromatic N) is 1. The molecule has 1 aromatic heterocycles. The summed E-state index contributed by atoms with van der Waals surface area (Å²) >= 11 is 2.75. The molecule has 7 nitrogen and oxygen atoms in total. The number of aliphatic carboxylic acids is 1. The molecule has 1 saturated heterocycles. The Morgan fingerprint density at radius 1 is 1.12 bits per heavy atom. The molecule has 2 aliphatic heterocycles. The number of fused-ring (bicyclic) bond motifs is 9. The molecule has 0 unspecified atom stereocenters. The first-order valence-electron chi connectivity index (χ1n) is 10.6. The number of carboxylic acids is 1. The van der Waals surface area contributed by atoms with Crippen LogP contribution in [0.1, 0.15) is 29.2 Å². The summed E-state index contributed by atoms with van der Waals surface area (Å²) in [6.07, 6.45) is 0.503. The number of thiazole rings is 1. The SMILES string of the molecule is O=C(O)CCN1C(=O)[C@@H]2[C@H]3C[C@@H]([C@@H]2C1=O)[C@@H]1[C@@H](c2ccc(F)cc2)c2sc(=O)[nH]c2S[C@H]31. The molecule has 0 spiro atoms. The first kappa shape index (κ1) is 20.2. The number of aromatic amines is 1. The molecule has 6 rings (SSSR count). The molecule has 166 valence electrons. The van der Waals surface area contributed by atoms with Gasteiger partial charge in [0, 0.05) is 22.6 Å². The monoisotopic (exact) mass is 474 g/mol. The fourth-order valence-electron chi connectivity index (χ4n) is 6.55. The topological polar surface area (TPSA) is 108 Å². The maximum Gasteiger partial charge on any atom is 0.305 e. The summed E-state index contributed by atoms with van der Waals surface area (Å²) < 4.78 is 13.6. The van der Waals surface area contributed by atoms with Gasteiger partial charge in [-0.3, -0.25) is 24.1 Å².